The fourth-order valence-electron chi connectivity index (χ4n) is 3.18. The topological polar surface area (TPSA) is 47.1 Å². The molecule has 0 spiro atoms. The second-order valence-electron chi connectivity index (χ2n) is 7.20. The summed E-state index contributed by atoms with van der Waals surface area (Å²) in [5.74, 6) is 0. The molecule has 1 fully saturated rings. The van der Waals surface area contributed by atoms with Gasteiger partial charge in [0.05, 0.1) is 23.3 Å². The first-order chi connectivity index (χ1) is 10.5. The van der Waals surface area contributed by atoms with Crippen molar-refractivity contribution in [2.45, 2.75) is 45.1 Å². The van der Waals surface area contributed by atoms with Crippen molar-refractivity contribution >= 4 is 5.69 Å². The molecule has 1 aliphatic heterocycles. The summed E-state index contributed by atoms with van der Waals surface area (Å²) in [5.41, 5.74) is 9.72. The van der Waals surface area contributed by atoms with Crippen LogP contribution in [0.5, 0.6) is 0 Å². The molecule has 0 aliphatic carbocycles. The Bertz CT molecular complexity index is 616. The summed E-state index contributed by atoms with van der Waals surface area (Å²) in [6.45, 7) is 8.80. The van der Waals surface area contributed by atoms with Gasteiger partial charge in [-0.05, 0) is 25.0 Å². The summed E-state index contributed by atoms with van der Waals surface area (Å²) in [4.78, 5) is 2.44. The largest absolute Gasteiger partial charge is 0.369 e. The van der Waals surface area contributed by atoms with Crippen LogP contribution in [-0.4, -0.2) is 28.9 Å². The molecule has 0 bridgehead atoms. The quantitative estimate of drug-likeness (QED) is 0.926. The summed E-state index contributed by atoms with van der Waals surface area (Å²) in [6.07, 6.45) is 4.13. The van der Waals surface area contributed by atoms with Crippen molar-refractivity contribution in [2.24, 2.45) is 5.73 Å². The van der Waals surface area contributed by atoms with E-state index in [1.54, 1.807) is 0 Å². The second kappa shape index (κ2) is 5.76. The van der Waals surface area contributed by atoms with E-state index in [9.17, 15) is 0 Å². The van der Waals surface area contributed by atoms with E-state index < -0.39 is 0 Å². The molecule has 2 aromatic rings. The molecule has 2 N–H and O–H groups in total. The lowest BCUT2D eigenvalue weighted by atomic mass is 9.90. The van der Waals surface area contributed by atoms with Crippen LogP contribution in [0.1, 0.15) is 39.3 Å². The molecule has 2 heterocycles. The Morgan fingerprint density at radius 3 is 2.32 bits per heavy atom. The Morgan fingerprint density at radius 1 is 1.09 bits per heavy atom. The average Bonchev–Trinajstić information content (AvgIpc) is 2.94. The molecule has 0 amide bonds. The minimum absolute atomic E-state index is 0.0290. The highest BCUT2D eigenvalue weighted by molar-refractivity contribution is 5.55. The average molecular weight is 298 g/mol. The highest BCUT2D eigenvalue weighted by Gasteiger charge is 2.28. The molecule has 22 heavy (non-hydrogen) atoms. The number of rotatable bonds is 2. The maximum absolute atomic E-state index is 6.05. The Kier molecular flexibility index (Phi) is 3.96. The number of aromatic nitrogens is 2. The van der Waals surface area contributed by atoms with Gasteiger partial charge >= 0.3 is 0 Å². The summed E-state index contributed by atoms with van der Waals surface area (Å²) < 4.78 is 2.09. The lowest BCUT2D eigenvalue weighted by Gasteiger charge is -2.34. The van der Waals surface area contributed by atoms with Crippen LogP contribution in [0, 0.1) is 0 Å². The molecule has 1 aliphatic rings. The molecule has 0 radical (unpaired) electrons. The molecule has 118 valence electrons. The number of piperidine rings is 1. The predicted octanol–water partition coefficient (Wildman–Crippen LogP) is 3.10. The molecule has 0 unspecified atom stereocenters. The van der Waals surface area contributed by atoms with Crippen LogP contribution in [0.15, 0.2) is 36.5 Å². The van der Waals surface area contributed by atoms with Crippen molar-refractivity contribution in [1.82, 2.24) is 9.78 Å². The zero-order valence-electron chi connectivity index (χ0n) is 13.8. The van der Waals surface area contributed by atoms with Crippen LogP contribution in [0.2, 0.25) is 0 Å². The zero-order chi connectivity index (χ0) is 15.7. The van der Waals surface area contributed by atoms with Crippen molar-refractivity contribution in [3.05, 3.63) is 42.2 Å². The molecular formula is C18H26N4. The second-order valence-corrected chi connectivity index (χ2v) is 7.20. The van der Waals surface area contributed by atoms with Crippen molar-refractivity contribution in [2.75, 3.05) is 18.0 Å². The number of nitrogens with zero attached hydrogens (tertiary/aromatic N) is 3. The smallest absolute Gasteiger partial charge is 0.0795 e. The molecule has 4 nitrogen and oxygen atoms in total. The number of hydrogen-bond acceptors (Lipinski definition) is 3. The zero-order valence-corrected chi connectivity index (χ0v) is 13.8. The first-order valence-electron chi connectivity index (χ1n) is 8.11. The minimum atomic E-state index is 0.0290. The molecule has 0 atom stereocenters. The van der Waals surface area contributed by atoms with E-state index in [2.05, 4.69) is 54.6 Å². The molecule has 1 saturated heterocycles. The number of para-hydroxylation sites is 1. The van der Waals surface area contributed by atoms with Gasteiger partial charge in [-0.2, -0.15) is 5.10 Å². The van der Waals surface area contributed by atoms with Crippen LogP contribution >= 0.6 is 0 Å². The Hall–Kier alpha value is -1.81. The van der Waals surface area contributed by atoms with Gasteiger partial charge in [-0.15, -0.1) is 0 Å². The van der Waals surface area contributed by atoms with Gasteiger partial charge in [0, 0.05) is 24.5 Å². The fraction of sp³-hybridized carbons (Fsp3) is 0.500. The van der Waals surface area contributed by atoms with Gasteiger partial charge in [-0.25, -0.2) is 4.68 Å². The van der Waals surface area contributed by atoms with E-state index in [4.69, 9.17) is 10.8 Å². The number of anilines is 1. The SMILES string of the molecule is CC(C)(C)c1c(N2CCC(N)CC2)cnn1-c1ccccc1. The van der Waals surface area contributed by atoms with Crippen molar-refractivity contribution in [1.29, 1.82) is 0 Å². The van der Waals surface area contributed by atoms with Crippen molar-refractivity contribution in [3.63, 3.8) is 0 Å². The van der Waals surface area contributed by atoms with E-state index in [0.717, 1.165) is 31.6 Å². The van der Waals surface area contributed by atoms with Crippen LogP contribution < -0.4 is 10.6 Å². The van der Waals surface area contributed by atoms with Crippen LogP contribution in [-0.2, 0) is 5.41 Å². The Morgan fingerprint density at radius 2 is 1.73 bits per heavy atom. The van der Waals surface area contributed by atoms with Gasteiger partial charge in [-0.1, -0.05) is 39.0 Å². The van der Waals surface area contributed by atoms with E-state index in [1.807, 2.05) is 12.3 Å². The van der Waals surface area contributed by atoms with Gasteiger partial charge in [0.25, 0.3) is 0 Å². The van der Waals surface area contributed by atoms with Gasteiger partial charge in [-0.3, -0.25) is 0 Å². The highest BCUT2D eigenvalue weighted by atomic mass is 15.3. The number of hydrogen-bond donors (Lipinski definition) is 1. The molecule has 4 heteroatoms. The van der Waals surface area contributed by atoms with E-state index in [-0.39, 0.29) is 5.41 Å². The summed E-state index contributed by atoms with van der Waals surface area (Å²) >= 11 is 0. The van der Waals surface area contributed by atoms with Gasteiger partial charge < -0.3 is 10.6 Å². The molecular weight excluding hydrogens is 272 g/mol. The highest BCUT2D eigenvalue weighted by Crippen LogP contribution is 2.34. The monoisotopic (exact) mass is 298 g/mol. The van der Waals surface area contributed by atoms with Gasteiger partial charge in [0.15, 0.2) is 0 Å². The summed E-state index contributed by atoms with van der Waals surface area (Å²) in [7, 11) is 0. The Balaban J connectivity index is 2.03. The summed E-state index contributed by atoms with van der Waals surface area (Å²) in [6, 6.07) is 10.7. The van der Waals surface area contributed by atoms with Crippen LogP contribution in [0.3, 0.4) is 0 Å². The van der Waals surface area contributed by atoms with Crippen LogP contribution in [0.4, 0.5) is 5.69 Å². The van der Waals surface area contributed by atoms with E-state index >= 15 is 0 Å². The third-order valence-corrected chi connectivity index (χ3v) is 4.34. The van der Waals surface area contributed by atoms with E-state index in [0.29, 0.717) is 6.04 Å². The number of benzene rings is 1. The third kappa shape index (κ3) is 2.88. The van der Waals surface area contributed by atoms with Gasteiger partial charge in [0.1, 0.15) is 0 Å². The first kappa shape index (κ1) is 15.1. The van der Waals surface area contributed by atoms with Crippen molar-refractivity contribution in [3.8, 4) is 5.69 Å². The fourth-order valence-corrected chi connectivity index (χ4v) is 3.18. The molecule has 1 aromatic heterocycles. The molecule has 0 saturated carbocycles. The molecule has 1 aromatic carbocycles. The lowest BCUT2D eigenvalue weighted by molar-refractivity contribution is 0.492. The van der Waals surface area contributed by atoms with Crippen LogP contribution in [0.25, 0.3) is 5.69 Å². The maximum Gasteiger partial charge on any atom is 0.0795 e. The number of nitrogens with two attached hydrogens (primary N) is 1. The molecule has 3 rings (SSSR count). The third-order valence-electron chi connectivity index (χ3n) is 4.34. The lowest BCUT2D eigenvalue weighted by Crippen LogP contribution is -2.40. The standard InChI is InChI=1S/C18H26N4/c1-18(2,3)17-16(21-11-9-14(19)10-12-21)13-20-22(17)15-7-5-4-6-8-15/h4-8,13-14H,9-12,19H2,1-3H3. The normalized spacial score (nSPS) is 17.0. The predicted molar refractivity (Wildman–Crippen MR) is 91.7 cm³/mol. The van der Waals surface area contributed by atoms with Crippen molar-refractivity contribution < 1.29 is 0 Å². The summed E-state index contributed by atoms with van der Waals surface area (Å²) in [5, 5.41) is 4.69. The Labute approximate surface area is 132 Å². The maximum atomic E-state index is 6.05. The minimum Gasteiger partial charge on any atom is -0.369 e. The first-order valence-corrected chi connectivity index (χ1v) is 8.11. The van der Waals surface area contributed by atoms with Gasteiger partial charge in [0.2, 0.25) is 0 Å². The van der Waals surface area contributed by atoms with E-state index in [1.165, 1.54) is 11.4 Å².